The third-order valence-electron chi connectivity index (χ3n) is 4.30. The number of halogens is 1. The zero-order valence-corrected chi connectivity index (χ0v) is 17.9. The summed E-state index contributed by atoms with van der Waals surface area (Å²) < 4.78 is 11.8. The van der Waals surface area contributed by atoms with E-state index in [1.807, 2.05) is 12.1 Å². The number of methoxy groups -OCH3 is 2. The average molecular weight is 421 g/mol. The van der Waals surface area contributed by atoms with Crippen LogP contribution in [0.25, 0.3) is 10.2 Å². The molecule has 8 heteroatoms. The third kappa shape index (κ3) is 4.22. The van der Waals surface area contributed by atoms with Crippen molar-refractivity contribution >= 4 is 44.2 Å². The molecule has 0 radical (unpaired) electrons. The first-order chi connectivity index (χ1) is 13.4. The highest BCUT2D eigenvalue weighted by atomic mass is 35.5. The summed E-state index contributed by atoms with van der Waals surface area (Å²) in [6.45, 7) is 1.32. The van der Waals surface area contributed by atoms with Gasteiger partial charge in [0.25, 0.3) is 5.91 Å². The Kier molecular flexibility index (Phi) is 6.39. The van der Waals surface area contributed by atoms with E-state index in [-0.39, 0.29) is 5.91 Å². The quantitative estimate of drug-likeness (QED) is 0.638. The molecule has 0 atom stereocenters. The molecular weight excluding hydrogens is 398 g/mol. The second-order valence-corrected chi connectivity index (χ2v) is 7.98. The number of quaternary nitrogens is 1. The summed E-state index contributed by atoms with van der Waals surface area (Å²) in [5.74, 6) is 1.24. The van der Waals surface area contributed by atoms with Gasteiger partial charge in [-0.1, -0.05) is 22.9 Å². The predicted molar refractivity (Wildman–Crippen MR) is 114 cm³/mol. The number of benzene rings is 2. The van der Waals surface area contributed by atoms with Crippen molar-refractivity contribution in [3.8, 4) is 11.5 Å². The highest BCUT2D eigenvalue weighted by Crippen LogP contribution is 2.40. The minimum Gasteiger partial charge on any atom is -0.495 e. The van der Waals surface area contributed by atoms with Crippen molar-refractivity contribution in [3.05, 3.63) is 47.0 Å². The van der Waals surface area contributed by atoms with Gasteiger partial charge in [0.1, 0.15) is 21.7 Å². The maximum atomic E-state index is 13.2. The van der Waals surface area contributed by atoms with Crippen LogP contribution in [-0.2, 0) is 0 Å². The number of amides is 1. The van der Waals surface area contributed by atoms with Crippen molar-refractivity contribution in [1.82, 2.24) is 4.98 Å². The van der Waals surface area contributed by atoms with Crippen LogP contribution in [0.1, 0.15) is 10.4 Å². The molecule has 0 aliphatic rings. The lowest BCUT2D eigenvalue weighted by atomic mass is 10.2. The second-order valence-electron chi connectivity index (χ2n) is 6.57. The summed E-state index contributed by atoms with van der Waals surface area (Å²) in [4.78, 5) is 20.9. The minimum absolute atomic E-state index is 0.116. The largest absolute Gasteiger partial charge is 0.495 e. The Labute approximate surface area is 173 Å². The van der Waals surface area contributed by atoms with Crippen LogP contribution in [0.15, 0.2) is 36.4 Å². The molecule has 0 fully saturated rings. The van der Waals surface area contributed by atoms with Crippen LogP contribution >= 0.6 is 22.9 Å². The van der Waals surface area contributed by atoms with E-state index in [1.165, 1.54) is 16.2 Å². The van der Waals surface area contributed by atoms with Crippen molar-refractivity contribution < 1.29 is 19.2 Å². The van der Waals surface area contributed by atoms with Crippen LogP contribution in [-0.4, -0.2) is 52.3 Å². The summed E-state index contributed by atoms with van der Waals surface area (Å²) in [6.07, 6.45) is 0. The van der Waals surface area contributed by atoms with E-state index in [4.69, 9.17) is 26.1 Å². The third-order valence-corrected chi connectivity index (χ3v) is 5.65. The molecule has 1 amide bonds. The Morgan fingerprint density at radius 2 is 1.75 bits per heavy atom. The number of carbonyl (C=O) groups is 1. The molecule has 1 heterocycles. The molecule has 3 aromatic rings. The Morgan fingerprint density at radius 1 is 1.11 bits per heavy atom. The SMILES string of the molecule is COc1ccc(OC)c2sc(N(CC[NH+](C)C)C(=O)c3ccc(Cl)cc3)nc12. The van der Waals surface area contributed by atoms with Crippen molar-refractivity contribution in [2.75, 3.05) is 46.3 Å². The maximum Gasteiger partial charge on any atom is 0.260 e. The lowest BCUT2D eigenvalue weighted by Gasteiger charge is -2.20. The van der Waals surface area contributed by atoms with Gasteiger partial charge in [-0.3, -0.25) is 9.69 Å². The molecule has 0 aliphatic carbocycles. The zero-order valence-electron chi connectivity index (χ0n) is 16.3. The first-order valence-electron chi connectivity index (χ1n) is 8.82. The van der Waals surface area contributed by atoms with Crippen LogP contribution < -0.4 is 19.3 Å². The van der Waals surface area contributed by atoms with E-state index >= 15 is 0 Å². The van der Waals surface area contributed by atoms with Crippen LogP contribution in [0.2, 0.25) is 5.02 Å². The number of aromatic nitrogens is 1. The number of ether oxygens (including phenoxy) is 2. The van der Waals surface area contributed by atoms with Gasteiger partial charge >= 0.3 is 0 Å². The number of anilines is 1. The maximum absolute atomic E-state index is 13.2. The molecule has 0 aliphatic heterocycles. The van der Waals surface area contributed by atoms with Crippen molar-refractivity contribution in [1.29, 1.82) is 0 Å². The summed E-state index contributed by atoms with van der Waals surface area (Å²) in [5.41, 5.74) is 1.25. The van der Waals surface area contributed by atoms with Crippen LogP contribution in [0, 0.1) is 0 Å². The lowest BCUT2D eigenvalue weighted by molar-refractivity contribution is -0.856. The number of carbonyl (C=O) groups excluding carboxylic acids is 1. The molecule has 0 saturated heterocycles. The molecule has 1 N–H and O–H groups in total. The molecule has 0 bridgehead atoms. The summed E-state index contributed by atoms with van der Waals surface area (Å²) in [7, 11) is 7.32. The standard InChI is InChI=1S/C20H22ClN3O3S/c1-23(2)11-12-24(19(25)13-5-7-14(21)8-6-13)20-22-17-15(26-3)9-10-16(27-4)18(17)28-20/h5-10H,11-12H2,1-4H3/p+1. The fourth-order valence-electron chi connectivity index (χ4n) is 2.76. The predicted octanol–water partition coefficient (Wildman–Crippen LogP) is 2.76. The molecule has 3 rings (SSSR count). The van der Waals surface area contributed by atoms with E-state index < -0.39 is 0 Å². The van der Waals surface area contributed by atoms with Crippen LogP contribution in [0.5, 0.6) is 11.5 Å². The van der Waals surface area contributed by atoms with Crippen molar-refractivity contribution in [3.63, 3.8) is 0 Å². The average Bonchev–Trinajstić information content (AvgIpc) is 3.12. The summed E-state index contributed by atoms with van der Waals surface area (Å²) in [5, 5.41) is 1.20. The number of hydrogen-bond donors (Lipinski definition) is 1. The topological polar surface area (TPSA) is 56.1 Å². The van der Waals surface area contributed by atoms with Gasteiger partial charge in [0, 0.05) is 10.6 Å². The molecule has 0 spiro atoms. The van der Waals surface area contributed by atoms with Crippen molar-refractivity contribution in [2.45, 2.75) is 0 Å². The Morgan fingerprint density at radius 3 is 2.36 bits per heavy atom. The van der Waals surface area contributed by atoms with Crippen LogP contribution in [0.4, 0.5) is 5.13 Å². The Balaban J connectivity index is 2.06. The van der Waals surface area contributed by atoms with Gasteiger partial charge in [-0.25, -0.2) is 4.98 Å². The molecular formula is C20H23ClN3O3S+. The molecule has 0 saturated carbocycles. The molecule has 0 unspecified atom stereocenters. The number of nitrogens with zero attached hydrogens (tertiary/aromatic N) is 2. The Bertz CT molecular complexity index is 932. The van der Waals surface area contributed by atoms with E-state index in [1.54, 1.807) is 43.4 Å². The fraction of sp³-hybridized carbons (Fsp3) is 0.300. The van der Waals surface area contributed by atoms with E-state index in [9.17, 15) is 4.79 Å². The summed E-state index contributed by atoms with van der Waals surface area (Å²) in [6, 6.07) is 10.6. The molecule has 2 aromatic carbocycles. The molecule has 6 nitrogen and oxygen atoms in total. The van der Waals surface area contributed by atoms with Gasteiger partial charge in [0.05, 0.1) is 41.4 Å². The zero-order chi connectivity index (χ0) is 20.3. The Hall–Kier alpha value is -2.35. The smallest absolute Gasteiger partial charge is 0.260 e. The number of rotatable bonds is 7. The van der Waals surface area contributed by atoms with Gasteiger partial charge in [-0.2, -0.15) is 0 Å². The van der Waals surface area contributed by atoms with Gasteiger partial charge < -0.3 is 14.4 Å². The monoisotopic (exact) mass is 420 g/mol. The molecule has 28 heavy (non-hydrogen) atoms. The van der Waals surface area contributed by atoms with Gasteiger partial charge in [0.15, 0.2) is 5.13 Å². The highest BCUT2D eigenvalue weighted by Gasteiger charge is 2.24. The van der Waals surface area contributed by atoms with E-state index in [0.29, 0.717) is 39.3 Å². The van der Waals surface area contributed by atoms with E-state index in [0.717, 1.165) is 11.2 Å². The summed E-state index contributed by atoms with van der Waals surface area (Å²) >= 11 is 7.39. The number of hydrogen-bond acceptors (Lipinski definition) is 5. The van der Waals surface area contributed by atoms with Crippen LogP contribution in [0.3, 0.4) is 0 Å². The van der Waals surface area contributed by atoms with Crippen molar-refractivity contribution in [2.24, 2.45) is 0 Å². The fourth-order valence-corrected chi connectivity index (χ4v) is 3.98. The number of nitrogens with one attached hydrogen (secondary N) is 1. The van der Waals surface area contributed by atoms with Gasteiger partial charge in [-0.05, 0) is 36.4 Å². The first-order valence-corrected chi connectivity index (χ1v) is 10.0. The van der Waals surface area contributed by atoms with E-state index in [2.05, 4.69) is 14.1 Å². The van der Waals surface area contributed by atoms with Gasteiger partial charge in [0.2, 0.25) is 0 Å². The normalized spacial score (nSPS) is 11.1. The first kappa shape index (κ1) is 20.4. The molecule has 148 valence electrons. The molecule has 1 aromatic heterocycles. The second kappa shape index (κ2) is 8.77. The number of likely N-dealkylation sites (N-methyl/N-ethyl adjacent to an activating group) is 1. The minimum atomic E-state index is -0.116. The van der Waals surface area contributed by atoms with Gasteiger partial charge in [-0.15, -0.1) is 0 Å². The highest BCUT2D eigenvalue weighted by molar-refractivity contribution is 7.22. The number of fused-ring (bicyclic) bond motifs is 1. The lowest BCUT2D eigenvalue weighted by Crippen LogP contribution is -3.06. The number of thiazole rings is 1.